The van der Waals surface area contributed by atoms with Gasteiger partial charge in [0, 0.05) is 13.0 Å². The van der Waals surface area contributed by atoms with Crippen LogP contribution in [0.15, 0.2) is 10.7 Å². The number of rotatable bonds is 2. The van der Waals surface area contributed by atoms with Crippen molar-refractivity contribution in [3.05, 3.63) is 16.4 Å². The van der Waals surface area contributed by atoms with Crippen LogP contribution < -0.4 is 0 Å². The summed E-state index contributed by atoms with van der Waals surface area (Å²) in [6.45, 7) is 10.6. The minimum Gasteiger partial charge on any atom is -0.380 e. The number of hydrogen-bond acceptors (Lipinski definition) is 3. The molecule has 1 aliphatic heterocycles. The highest BCUT2D eigenvalue weighted by Crippen LogP contribution is 2.52. The molecule has 0 bridgehead atoms. The predicted molar refractivity (Wildman–Crippen MR) is 73.4 cm³/mol. The van der Waals surface area contributed by atoms with Crippen LogP contribution in [0.1, 0.15) is 46.7 Å². The van der Waals surface area contributed by atoms with Crippen molar-refractivity contribution in [2.45, 2.75) is 64.4 Å². The second kappa shape index (κ2) is 4.05. The molecular weight excluding hydrogens is 296 g/mol. The van der Waals surface area contributed by atoms with E-state index in [2.05, 4.69) is 21.0 Å². The Kier molecular flexibility index (Phi) is 3.16. The van der Waals surface area contributed by atoms with Gasteiger partial charge in [-0.25, -0.2) is 0 Å². The molecule has 0 spiro atoms. The highest BCUT2D eigenvalue weighted by Gasteiger charge is 2.59. The molecule has 0 saturated carbocycles. The minimum atomic E-state index is -1.04. The van der Waals surface area contributed by atoms with Crippen molar-refractivity contribution in [3.8, 4) is 0 Å². The van der Waals surface area contributed by atoms with Crippen molar-refractivity contribution in [1.82, 2.24) is 9.78 Å². The fourth-order valence-electron chi connectivity index (χ4n) is 3.02. The lowest BCUT2D eigenvalue weighted by molar-refractivity contribution is -0.132. The van der Waals surface area contributed by atoms with E-state index >= 15 is 0 Å². The third-order valence-corrected chi connectivity index (χ3v) is 4.28. The largest absolute Gasteiger partial charge is 0.380 e. The van der Waals surface area contributed by atoms with Crippen LogP contribution in [0.2, 0.25) is 0 Å². The molecule has 0 aliphatic carbocycles. The predicted octanol–water partition coefficient (Wildman–Crippen LogP) is 2.83. The van der Waals surface area contributed by atoms with Gasteiger partial charge in [0.15, 0.2) is 0 Å². The second-order valence-electron chi connectivity index (χ2n) is 6.07. The van der Waals surface area contributed by atoms with Crippen LogP contribution in [-0.4, -0.2) is 26.1 Å². The summed E-state index contributed by atoms with van der Waals surface area (Å²) in [5.41, 5.74) is -1.23. The van der Waals surface area contributed by atoms with Crippen LogP contribution in [-0.2, 0) is 16.9 Å². The molecular formula is C13H21BrN2O2. The molecule has 2 heterocycles. The molecule has 5 heteroatoms. The SMILES string of the molecule is CCn1ncc(Br)c1C1(O)CC(C)(C)OC1(C)C. The first-order valence-corrected chi connectivity index (χ1v) is 7.06. The standard InChI is InChI=1S/C13H21BrN2O2/c1-6-16-10(9(14)7-15-16)13(17)8-11(2,3)18-12(13,4)5/h7,17H,6,8H2,1-5H3. The van der Waals surface area contributed by atoms with E-state index in [1.807, 2.05) is 39.3 Å². The van der Waals surface area contributed by atoms with Crippen LogP contribution in [0.3, 0.4) is 0 Å². The van der Waals surface area contributed by atoms with Gasteiger partial charge in [0.1, 0.15) is 5.60 Å². The molecule has 1 aliphatic rings. The van der Waals surface area contributed by atoms with Gasteiger partial charge in [-0.15, -0.1) is 0 Å². The third kappa shape index (κ3) is 1.92. The Morgan fingerprint density at radius 1 is 1.44 bits per heavy atom. The summed E-state index contributed by atoms with van der Waals surface area (Å²) in [5.74, 6) is 0. The molecule has 18 heavy (non-hydrogen) atoms. The summed E-state index contributed by atoms with van der Waals surface area (Å²) in [5, 5.41) is 15.5. The average Bonchev–Trinajstić information content (AvgIpc) is 2.63. The van der Waals surface area contributed by atoms with Crippen LogP contribution >= 0.6 is 15.9 Å². The lowest BCUT2D eigenvalue weighted by Crippen LogP contribution is -2.45. The number of ether oxygens (including phenoxy) is 1. The highest BCUT2D eigenvalue weighted by atomic mass is 79.9. The highest BCUT2D eigenvalue weighted by molar-refractivity contribution is 9.10. The summed E-state index contributed by atoms with van der Waals surface area (Å²) in [7, 11) is 0. The van der Waals surface area contributed by atoms with Crippen LogP contribution in [0, 0.1) is 0 Å². The zero-order chi connectivity index (χ0) is 13.8. The maximum absolute atomic E-state index is 11.2. The van der Waals surface area contributed by atoms with Gasteiger partial charge in [0.2, 0.25) is 0 Å². The topological polar surface area (TPSA) is 47.3 Å². The summed E-state index contributed by atoms with van der Waals surface area (Å²) < 4.78 is 8.68. The van der Waals surface area contributed by atoms with E-state index in [0.717, 1.165) is 16.7 Å². The van der Waals surface area contributed by atoms with E-state index in [1.165, 1.54) is 0 Å². The summed E-state index contributed by atoms with van der Waals surface area (Å²) in [4.78, 5) is 0. The molecule has 102 valence electrons. The summed E-state index contributed by atoms with van der Waals surface area (Å²) in [6.07, 6.45) is 2.29. The number of aliphatic hydroxyl groups is 1. The van der Waals surface area contributed by atoms with Gasteiger partial charge in [-0.3, -0.25) is 4.68 Å². The third-order valence-electron chi connectivity index (χ3n) is 3.70. The molecule has 1 fully saturated rings. The van der Waals surface area contributed by atoms with Crippen molar-refractivity contribution in [2.24, 2.45) is 0 Å². The van der Waals surface area contributed by atoms with Crippen molar-refractivity contribution in [3.63, 3.8) is 0 Å². The minimum absolute atomic E-state index is 0.347. The Bertz CT molecular complexity index is 468. The van der Waals surface area contributed by atoms with Crippen LogP contribution in [0.5, 0.6) is 0 Å². The molecule has 4 nitrogen and oxygen atoms in total. The molecule has 2 rings (SSSR count). The number of aryl methyl sites for hydroxylation is 1. The maximum atomic E-state index is 11.2. The molecule has 1 N–H and O–H groups in total. The molecule has 1 saturated heterocycles. The van der Waals surface area contributed by atoms with Crippen molar-refractivity contribution < 1.29 is 9.84 Å². The van der Waals surface area contributed by atoms with E-state index in [-0.39, 0.29) is 5.60 Å². The molecule has 1 unspecified atom stereocenters. The quantitative estimate of drug-likeness (QED) is 0.912. The first kappa shape index (κ1) is 14.0. The van der Waals surface area contributed by atoms with Gasteiger partial charge >= 0.3 is 0 Å². The molecule has 0 radical (unpaired) electrons. The Morgan fingerprint density at radius 2 is 2.06 bits per heavy atom. The van der Waals surface area contributed by atoms with E-state index in [4.69, 9.17) is 4.74 Å². The first-order chi connectivity index (χ1) is 8.13. The fourth-order valence-corrected chi connectivity index (χ4v) is 3.65. The van der Waals surface area contributed by atoms with Gasteiger partial charge < -0.3 is 9.84 Å². The summed E-state index contributed by atoms with van der Waals surface area (Å²) in [6, 6.07) is 0. The average molecular weight is 317 g/mol. The normalized spacial score (nSPS) is 29.7. The van der Waals surface area contributed by atoms with E-state index < -0.39 is 11.2 Å². The Labute approximate surface area is 116 Å². The second-order valence-corrected chi connectivity index (χ2v) is 6.92. The number of halogens is 1. The lowest BCUT2D eigenvalue weighted by Gasteiger charge is -2.35. The van der Waals surface area contributed by atoms with Crippen LogP contribution in [0.25, 0.3) is 0 Å². The Hall–Kier alpha value is -0.390. The van der Waals surface area contributed by atoms with E-state index in [1.54, 1.807) is 6.20 Å². The zero-order valence-corrected chi connectivity index (χ0v) is 13.2. The van der Waals surface area contributed by atoms with E-state index in [0.29, 0.717) is 6.42 Å². The zero-order valence-electron chi connectivity index (χ0n) is 11.6. The maximum Gasteiger partial charge on any atom is 0.138 e. The summed E-state index contributed by atoms with van der Waals surface area (Å²) >= 11 is 3.49. The van der Waals surface area contributed by atoms with Crippen molar-refractivity contribution in [1.29, 1.82) is 0 Å². The number of nitrogens with zero attached hydrogens (tertiary/aromatic N) is 2. The molecule has 1 aromatic rings. The van der Waals surface area contributed by atoms with Gasteiger partial charge in [-0.2, -0.15) is 5.10 Å². The van der Waals surface area contributed by atoms with Gasteiger partial charge in [0.25, 0.3) is 0 Å². The lowest BCUT2D eigenvalue weighted by atomic mass is 9.80. The molecule has 1 atom stereocenters. The smallest absolute Gasteiger partial charge is 0.138 e. The number of aromatic nitrogens is 2. The van der Waals surface area contributed by atoms with Crippen molar-refractivity contribution >= 4 is 15.9 Å². The van der Waals surface area contributed by atoms with Crippen LogP contribution in [0.4, 0.5) is 0 Å². The Balaban J connectivity index is 2.58. The van der Waals surface area contributed by atoms with Gasteiger partial charge in [-0.1, -0.05) is 0 Å². The molecule has 0 amide bonds. The number of hydrogen-bond donors (Lipinski definition) is 1. The van der Waals surface area contributed by atoms with Crippen molar-refractivity contribution in [2.75, 3.05) is 0 Å². The van der Waals surface area contributed by atoms with E-state index in [9.17, 15) is 5.11 Å². The molecule has 0 aromatic carbocycles. The van der Waals surface area contributed by atoms with Gasteiger partial charge in [0.05, 0.1) is 27.6 Å². The molecule has 1 aromatic heterocycles. The first-order valence-electron chi connectivity index (χ1n) is 6.27. The van der Waals surface area contributed by atoms with Gasteiger partial charge in [-0.05, 0) is 50.5 Å². The Morgan fingerprint density at radius 3 is 2.50 bits per heavy atom. The monoisotopic (exact) mass is 316 g/mol. The fraction of sp³-hybridized carbons (Fsp3) is 0.769.